The zero-order chi connectivity index (χ0) is 31.0. The summed E-state index contributed by atoms with van der Waals surface area (Å²) < 4.78 is 50.9. The molecule has 7 unspecified atom stereocenters. The van der Waals surface area contributed by atoms with Crippen molar-refractivity contribution in [3.8, 4) is 0 Å². The predicted molar refractivity (Wildman–Crippen MR) is 156 cm³/mol. The molecule has 11 atom stereocenters. The molecule has 238 valence electrons. The van der Waals surface area contributed by atoms with Gasteiger partial charge in [0.25, 0.3) is 0 Å². The van der Waals surface area contributed by atoms with Crippen LogP contribution in [0.3, 0.4) is 0 Å². The van der Waals surface area contributed by atoms with E-state index in [1.165, 1.54) is 34.5 Å². The number of thiol groups is 1. The molecule has 4 aliphatic rings. The molecular formula is C20H26N10O10P2S2. The van der Waals surface area contributed by atoms with Crippen LogP contribution in [0.25, 0.3) is 11.2 Å². The number of hydrogen-bond donors (Lipinski definition) is 7. The Balaban J connectivity index is 1.19. The molecule has 7 heterocycles. The minimum Gasteiger partial charge on any atom is -0.387 e. The number of anilines is 2. The lowest BCUT2D eigenvalue weighted by atomic mass is 10.1. The number of nitrogens with two attached hydrogens (primary N) is 2. The third-order valence-electron chi connectivity index (χ3n) is 7.41. The first-order valence-corrected chi connectivity index (χ1v) is 18.2. The van der Waals surface area contributed by atoms with Crippen LogP contribution in [-0.4, -0.2) is 100 Å². The molecule has 44 heavy (non-hydrogen) atoms. The van der Waals surface area contributed by atoms with Gasteiger partial charge in [0.15, 0.2) is 23.9 Å². The van der Waals surface area contributed by atoms with Gasteiger partial charge >= 0.3 is 13.5 Å². The smallest absolute Gasteiger partial charge is 0.386 e. The number of nitrogens with one attached hydrogen (secondary N) is 1. The monoisotopic (exact) mass is 692 g/mol. The molecule has 3 fully saturated rings. The van der Waals surface area contributed by atoms with E-state index in [-0.39, 0.29) is 17.0 Å². The Morgan fingerprint density at radius 3 is 2.57 bits per heavy atom. The number of rotatable bonds is 2. The van der Waals surface area contributed by atoms with E-state index < -0.39 is 82.0 Å². The minimum atomic E-state index is -4.27. The number of aromatic nitrogens is 6. The SMILES string of the molecule is Nc1ncnc2c1ncn2[C@@H]1O[C@@H]2COP(O)(=S)OC3C(O)[C@@H](COP(=O)(S)OC2C1O)O[C@H]3n1cnc2c1NC=NC2N. The minimum absolute atomic E-state index is 0.107. The first-order valence-electron chi connectivity index (χ1n) is 12.9. The number of imidazole rings is 2. The molecule has 20 nitrogen and oxygen atoms in total. The van der Waals surface area contributed by atoms with Crippen LogP contribution in [0.1, 0.15) is 24.3 Å². The fourth-order valence-corrected chi connectivity index (χ4v) is 8.25. The van der Waals surface area contributed by atoms with Gasteiger partial charge in [0.1, 0.15) is 66.1 Å². The van der Waals surface area contributed by atoms with E-state index in [9.17, 15) is 19.7 Å². The highest BCUT2D eigenvalue weighted by Crippen LogP contribution is 2.58. The summed E-state index contributed by atoms with van der Waals surface area (Å²) in [6, 6.07) is 0. The summed E-state index contributed by atoms with van der Waals surface area (Å²) in [5, 5.41) is 25.3. The molecule has 8 N–H and O–H groups in total. The van der Waals surface area contributed by atoms with E-state index in [1.807, 2.05) is 0 Å². The van der Waals surface area contributed by atoms with Crippen LogP contribution in [0, 0.1) is 0 Å². The van der Waals surface area contributed by atoms with Crippen molar-refractivity contribution in [3.05, 3.63) is 24.7 Å². The van der Waals surface area contributed by atoms with Crippen molar-refractivity contribution < 1.29 is 47.2 Å². The Hall–Kier alpha value is -2.14. The summed E-state index contributed by atoms with van der Waals surface area (Å²) in [5.41, 5.74) is 12.8. The Labute approximate surface area is 257 Å². The van der Waals surface area contributed by atoms with Gasteiger partial charge in [0.05, 0.1) is 32.2 Å². The van der Waals surface area contributed by atoms with E-state index in [0.29, 0.717) is 11.5 Å². The molecule has 0 radical (unpaired) electrons. The standard InChI is InChI=1S/C20H26N10O10P2S2/c21-15-9-17(25-3-23-15)29(5-27-9)19-12(32)13-8(38-19)2-36-42(34,44)40-14-11(31)7(1-35-41(33,43)39-13)37-20(14)30-6-28-10-16(22)24-4-26-18(10)30/h3-8,11-14,16,19-20,31-32H,1-2,22H2,(H,24,26)(H,33,43)(H,34,44)(H2,21,23,25)/t7-,8-,11?,12?,13?,14?,16?,19-,20-,41?,42?/m1/s1. The van der Waals surface area contributed by atoms with E-state index in [1.54, 1.807) is 0 Å². The van der Waals surface area contributed by atoms with E-state index >= 15 is 0 Å². The first kappa shape index (κ1) is 30.5. The summed E-state index contributed by atoms with van der Waals surface area (Å²) in [6.45, 7) is -9.43. The van der Waals surface area contributed by atoms with Crippen LogP contribution in [0.15, 0.2) is 24.0 Å². The molecule has 2 bridgehead atoms. The van der Waals surface area contributed by atoms with Crippen LogP contribution >= 0.6 is 25.8 Å². The van der Waals surface area contributed by atoms with Crippen LogP contribution in [0.5, 0.6) is 0 Å². The van der Waals surface area contributed by atoms with Gasteiger partial charge in [0.2, 0.25) is 0 Å². The summed E-state index contributed by atoms with van der Waals surface area (Å²) in [4.78, 5) is 31.6. The van der Waals surface area contributed by atoms with Gasteiger partial charge in [0, 0.05) is 0 Å². The lowest BCUT2D eigenvalue weighted by molar-refractivity contribution is -0.0598. The normalized spacial score (nSPS) is 40.9. The highest BCUT2D eigenvalue weighted by atomic mass is 32.7. The largest absolute Gasteiger partial charge is 0.387 e. The lowest BCUT2D eigenvalue weighted by Crippen LogP contribution is -2.36. The van der Waals surface area contributed by atoms with Gasteiger partial charge in [-0.15, -0.1) is 0 Å². The summed E-state index contributed by atoms with van der Waals surface area (Å²) in [5.74, 6) is 0.507. The Morgan fingerprint density at radius 1 is 1.00 bits per heavy atom. The number of nitrogen functional groups attached to an aromatic ring is 1. The fraction of sp³-hybridized carbons (Fsp3) is 0.550. The molecule has 3 aromatic heterocycles. The van der Waals surface area contributed by atoms with Crippen molar-refractivity contribution in [2.45, 2.75) is 55.2 Å². The fourth-order valence-electron chi connectivity index (χ4n) is 5.35. The highest BCUT2D eigenvalue weighted by molar-refractivity contribution is 8.44. The zero-order valence-electron chi connectivity index (χ0n) is 22.2. The number of aliphatic imine (C=N–C) groups is 1. The van der Waals surface area contributed by atoms with Gasteiger partial charge in [-0.2, -0.15) is 0 Å². The number of hydrogen-bond acceptors (Lipinski definition) is 18. The molecule has 0 spiro atoms. The number of ether oxygens (including phenoxy) is 2. The Morgan fingerprint density at radius 2 is 1.75 bits per heavy atom. The van der Waals surface area contributed by atoms with E-state index in [0.717, 1.165) is 0 Å². The second-order valence-corrected chi connectivity index (χ2v) is 15.8. The molecule has 3 aromatic rings. The van der Waals surface area contributed by atoms with Crippen molar-refractivity contribution in [2.75, 3.05) is 24.3 Å². The number of fused-ring (bicyclic) bond motifs is 5. The summed E-state index contributed by atoms with van der Waals surface area (Å²) in [7, 11) is 0. The second kappa shape index (κ2) is 11.3. The molecule has 4 aliphatic heterocycles. The quantitative estimate of drug-likeness (QED) is 0.129. The lowest BCUT2D eigenvalue weighted by Gasteiger charge is -2.28. The zero-order valence-corrected chi connectivity index (χ0v) is 25.7. The average Bonchev–Trinajstić information content (AvgIpc) is 3.73. The van der Waals surface area contributed by atoms with Crippen molar-refractivity contribution >= 4 is 66.7 Å². The first-order chi connectivity index (χ1) is 20.9. The van der Waals surface area contributed by atoms with Gasteiger partial charge in [-0.05, 0) is 11.8 Å². The highest BCUT2D eigenvalue weighted by Gasteiger charge is 2.53. The van der Waals surface area contributed by atoms with Gasteiger partial charge in [-0.25, -0.2) is 24.5 Å². The molecule has 7 rings (SSSR count). The Kier molecular flexibility index (Phi) is 7.82. The topological polar surface area (TPSA) is 271 Å². The van der Waals surface area contributed by atoms with E-state index in [2.05, 4.69) is 42.5 Å². The molecule has 0 saturated carbocycles. The molecular weight excluding hydrogens is 666 g/mol. The van der Waals surface area contributed by atoms with Crippen LogP contribution < -0.4 is 16.8 Å². The third kappa shape index (κ3) is 5.37. The molecule has 0 amide bonds. The number of aliphatic hydroxyl groups is 2. The molecule has 24 heteroatoms. The number of aliphatic hydroxyl groups excluding tert-OH is 2. The van der Waals surface area contributed by atoms with Crippen molar-refractivity contribution in [3.63, 3.8) is 0 Å². The van der Waals surface area contributed by atoms with E-state index in [4.69, 9.17) is 50.8 Å². The summed E-state index contributed by atoms with van der Waals surface area (Å²) >= 11 is 9.37. The number of nitrogens with zero attached hydrogens (tertiary/aromatic N) is 7. The Bertz CT molecular complexity index is 1710. The van der Waals surface area contributed by atoms with Gasteiger partial charge in [-0.3, -0.25) is 27.7 Å². The maximum atomic E-state index is 13.4. The average molecular weight is 693 g/mol. The van der Waals surface area contributed by atoms with Crippen molar-refractivity contribution in [2.24, 2.45) is 10.7 Å². The maximum absolute atomic E-state index is 13.4. The summed E-state index contributed by atoms with van der Waals surface area (Å²) in [6.07, 6.45) is -5.79. The predicted octanol–water partition coefficient (Wildman–Crippen LogP) is -0.695. The van der Waals surface area contributed by atoms with Gasteiger partial charge in [-0.1, -0.05) is 12.2 Å². The van der Waals surface area contributed by atoms with Crippen LogP contribution in [-0.2, 0) is 43.9 Å². The van der Waals surface area contributed by atoms with Crippen molar-refractivity contribution in [1.82, 2.24) is 29.1 Å². The van der Waals surface area contributed by atoms with Crippen LogP contribution in [0.4, 0.5) is 11.6 Å². The third-order valence-corrected chi connectivity index (χ3v) is 10.6. The maximum Gasteiger partial charge on any atom is 0.386 e. The van der Waals surface area contributed by atoms with Crippen molar-refractivity contribution in [1.29, 1.82) is 0 Å². The van der Waals surface area contributed by atoms with Crippen LogP contribution in [0.2, 0.25) is 0 Å². The molecule has 0 aromatic carbocycles. The molecule has 0 aliphatic carbocycles. The molecule has 3 saturated heterocycles. The van der Waals surface area contributed by atoms with Gasteiger partial charge < -0.3 is 45.9 Å². The second-order valence-electron chi connectivity index (χ2n) is 10.1.